The summed E-state index contributed by atoms with van der Waals surface area (Å²) in [5, 5.41) is 0. The molecule has 0 saturated carbocycles. The summed E-state index contributed by atoms with van der Waals surface area (Å²) in [6.45, 7) is 7.39. The Labute approximate surface area is 104 Å². The maximum absolute atomic E-state index is 10.8. The fraction of sp³-hybridized carbons (Fsp3) is 0.500. The van der Waals surface area contributed by atoms with Crippen LogP contribution in [0.5, 0.6) is 0 Å². The van der Waals surface area contributed by atoms with E-state index in [0.717, 1.165) is 25.9 Å². The molecule has 0 aliphatic rings. The highest BCUT2D eigenvalue weighted by Gasteiger charge is 1.98. The molecule has 0 heterocycles. The van der Waals surface area contributed by atoms with Gasteiger partial charge < -0.3 is 4.74 Å². The molecule has 96 valence electrons. The lowest BCUT2D eigenvalue weighted by Gasteiger charge is -2.13. The molecule has 0 rings (SSSR count). The molecule has 17 heavy (non-hydrogen) atoms. The van der Waals surface area contributed by atoms with Gasteiger partial charge in [-0.25, -0.2) is 4.79 Å². The summed E-state index contributed by atoms with van der Waals surface area (Å²) in [6, 6.07) is 0. The van der Waals surface area contributed by atoms with Gasteiger partial charge in [0.05, 0.1) is 0 Å². The Morgan fingerprint density at radius 2 is 2.00 bits per heavy atom. The molecule has 3 heteroatoms. The van der Waals surface area contributed by atoms with Crippen LogP contribution in [0.1, 0.15) is 19.8 Å². The molecule has 0 aliphatic heterocycles. The predicted molar refractivity (Wildman–Crippen MR) is 71.8 cm³/mol. The van der Waals surface area contributed by atoms with Crippen molar-refractivity contribution < 1.29 is 9.53 Å². The summed E-state index contributed by atoms with van der Waals surface area (Å²) in [6.07, 6.45) is 11.9. The topological polar surface area (TPSA) is 29.5 Å². The Bertz CT molecular complexity index is 269. The fourth-order valence-electron chi connectivity index (χ4n) is 1.18. The van der Waals surface area contributed by atoms with Crippen molar-refractivity contribution in [1.29, 1.82) is 0 Å². The quantitative estimate of drug-likeness (QED) is 0.267. The second kappa shape index (κ2) is 11.1. The number of unbranched alkanes of at least 4 members (excludes halogenated alkanes) is 1. The average molecular weight is 237 g/mol. The Hall–Kier alpha value is -1.35. The highest BCUT2D eigenvalue weighted by molar-refractivity contribution is 5.81. The van der Waals surface area contributed by atoms with Crippen molar-refractivity contribution in [2.45, 2.75) is 19.8 Å². The molecule has 0 unspecified atom stereocenters. The molecule has 0 spiro atoms. The summed E-state index contributed by atoms with van der Waals surface area (Å²) in [5.74, 6) is -0.361. The lowest BCUT2D eigenvalue weighted by molar-refractivity contribution is -0.138. The van der Waals surface area contributed by atoms with Crippen LogP contribution >= 0.6 is 0 Å². The first-order valence-corrected chi connectivity index (χ1v) is 5.94. The number of rotatable bonds is 9. The van der Waals surface area contributed by atoms with Gasteiger partial charge in [-0.15, -0.1) is 0 Å². The molecule has 0 aromatic rings. The van der Waals surface area contributed by atoms with E-state index in [4.69, 9.17) is 4.74 Å². The summed E-state index contributed by atoms with van der Waals surface area (Å²) in [4.78, 5) is 12.9. The van der Waals surface area contributed by atoms with Crippen LogP contribution in [0.4, 0.5) is 0 Å². The molecule has 0 N–H and O–H groups in total. The zero-order valence-corrected chi connectivity index (χ0v) is 10.9. The fourth-order valence-corrected chi connectivity index (χ4v) is 1.18. The van der Waals surface area contributed by atoms with E-state index in [2.05, 4.69) is 35.8 Å². The van der Waals surface area contributed by atoms with E-state index in [1.54, 1.807) is 0 Å². The number of hydrogen-bond donors (Lipinski definition) is 0. The Kier molecular flexibility index (Phi) is 10.3. The van der Waals surface area contributed by atoms with Crippen molar-refractivity contribution in [3.63, 3.8) is 0 Å². The molecular formula is C14H23NO2. The number of hydrogen-bond acceptors (Lipinski definition) is 3. The zero-order chi connectivity index (χ0) is 12.9. The van der Waals surface area contributed by atoms with Crippen molar-refractivity contribution >= 4 is 5.97 Å². The standard InChI is InChI=1S/C14H23NO2/c1-4-6-7-8-9-10-11-15(3)12-13-17-14(16)5-2/h4-6,9-10H,2,7-8,11-13H2,1,3H3. The molecule has 0 aliphatic carbocycles. The molecular weight excluding hydrogens is 214 g/mol. The van der Waals surface area contributed by atoms with E-state index in [9.17, 15) is 4.79 Å². The van der Waals surface area contributed by atoms with Gasteiger partial charge in [0.1, 0.15) is 6.61 Å². The minimum atomic E-state index is -0.361. The van der Waals surface area contributed by atoms with Gasteiger partial charge >= 0.3 is 5.97 Å². The first-order valence-electron chi connectivity index (χ1n) is 5.94. The van der Waals surface area contributed by atoms with Crippen LogP contribution in [0, 0.1) is 0 Å². The number of carbonyl (C=O) groups excluding carboxylic acids is 1. The van der Waals surface area contributed by atoms with Gasteiger partial charge in [-0.1, -0.05) is 30.9 Å². The third-order valence-electron chi connectivity index (χ3n) is 2.20. The van der Waals surface area contributed by atoms with E-state index in [1.165, 1.54) is 6.08 Å². The van der Waals surface area contributed by atoms with Crippen LogP contribution in [0.15, 0.2) is 37.0 Å². The van der Waals surface area contributed by atoms with Gasteiger partial charge in [0.2, 0.25) is 0 Å². The predicted octanol–water partition coefficient (Wildman–Crippen LogP) is 2.56. The van der Waals surface area contributed by atoms with Crippen molar-refractivity contribution in [2.75, 3.05) is 26.7 Å². The van der Waals surface area contributed by atoms with E-state index in [1.807, 2.05) is 14.0 Å². The third-order valence-corrected chi connectivity index (χ3v) is 2.20. The number of carbonyl (C=O) groups is 1. The van der Waals surface area contributed by atoms with Gasteiger partial charge in [-0.3, -0.25) is 4.90 Å². The Morgan fingerprint density at radius 3 is 2.65 bits per heavy atom. The third kappa shape index (κ3) is 10.9. The average Bonchev–Trinajstić information content (AvgIpc) is 2.33. The van der Waals surface area contributed by atoms with Crippen LogP contribution < -0.4 is 0 Å². The van der Waals surface area contributed by atoms with Crippen molar-refractivity contribution in [3.05, 3.63) is 37.0 Å². The number of esters is 1. The van der Waals surface area contributed by atoms with Crippen molar-refractivity contribution in [2.24, 2.45) is 0 Å². The smallest absolute Gasteiger partial charge is 0.330 e. The molecule has 0 bridgehead atoms. The van der Waals surface area contributed by atoms with Crippen LogP contribution in [0.25, 0.3) is 0 Å². The Balaban J connectivity index is 3.48. The normalized spacial score (nSPS) is 11.5. The van der Waals surface area contributed by atoms with Gasteiger partial charge in [0.25, 0.3) is 0 Å². The van der Waals surface area contributed by atoms with E-state index in [-0.39, 0.29) is 5.97 Å². The molecule has 0 atom stereocenters. The molecule has 0 aromatic heterocycles. The van der Waals surface area contributed by atoms with Crippen LogP contribution in [-0.4, -0.2) is 37.6 Å². The minimum Gasteiger partial charge on any atom is -0.461 e. The van der Waals surface area contributed by atoms with Crippen LogP contribution in [-0.2, 0) is 9.53 Å². The van der Waals surface area contributed by atoms with E-state index in [0.29, 0.717) is 6.61 Å². The van der Waals surface area contributed by atoms with Gasteiger partial charge in [0.15, 0.2) is 0 Å². The largest absolute Gasteiger partial charge is 0.461 e. The molecule has 0 saturated heterocycles. The summed E-state index contributed by atoms with van der Waals surface area (Å²) >= 11 is 0. The second-order valence-electron chi connectivity index (χ2n) is 3.75. The molecule has 0 amide bonds. The summed E-state index contributed by atoms with van der Waals surface area (Å²) in [5.41, 5.74) is 0. The summed E-state index contributed by atoms with van der Waals surface area (Å²) < 4.78 is 4.89. The molecule has 0 fully saturated rings. The SMILES string of the molecule is C=CC(=O)OCCN(C)CC=CCCC=CC. The lowest BCUT2D eigenvalue weighted by atomic mass is 10.2. The van der Waals surface area contributed by atoms with Gasteiger partial charge in [0, 0.05) is 19.2 Å². The van der Waals surface area contributed by atoms with Crippen molar-refractivity contribution in [1.82, 2.24) is 4.90 Å². The first-order chi connectivity index (χ1) is 8.20. The van der Waals surface area contributed by atoms with E-state index < -0.39 is 0 Å². The highest BCUT2D eigenvalue weighted by atomic mass is 16.5. The first kappa shape index (κ1) is 15.7. The van der Waals surface area contributed by atoms with Gasteiger partial charge in [-0.05, 0) is 26.8 Å². The highest BCUT2D eigenvalue weighted by Crippen LogP contribution is 1.93. The van der Waals surface area contributed by atoms with Crippen LogP contribution in [0.3, 0.4) is 0 Å². The minimum absolute atomic E-state index is 0.361. The maximum atomic E-state index is 10.8. The number of ether oxygens (including phenoxy) is 1. The van der Waals surface area contributed by atoms with Crippen LogP contribution in [0.2, 0.25) is 0 Å². The number of likely N-dealkylation sites (N-methyl/N-ethyl adjacent to an activating group) is 1. The van der Waals surface area contributed by atoms with E-state index >= 15 is 0 Å². The summed E-state index contributed by atoms with van der Waals surface area (Å²) in [7, 11) is 2.00. The monoisotopic (exact) mass is 237 g/mol. The second-order valence-corrected chi connectivity index (χ2v) is 3.75. The lowest BCUT2D eigenvalue weighted by Crippen LogP contribution is -2.24. The molecule has 0 aromatic carbocycles. The molecule has 0 radical (unpaired) electrons. The zero-order valence-electron chi connectivity index (χ0n) is 10.9. The maximum Gasteiger partial charge on any atom is 0.330 e. The van der Waals surface area contributed by atoms with Gasteiger partial charge in [-0.2, -0.15) is 0 Å². The molecule has 3 nitrogen and oxygen atoms in total. The van der Waals surface area contributed by atoms with Crippen molar-refractivity contribution in [3.8, 4) is 0 Å². The number of allylic oxidation sites excluding steroid dienone is 3. The Morgan fingerprint density at radius 1 is 1.29 bits per heavy atom. The number of nitrogens with zero attached hydrogens (tertiary/aromatic N) is 1.